The Kier molecular flexibility index (Phi) is 5.40. The molecule has 0 aromatic heterocycles. The minimum atomic E-state index is -3.57. The number of hydrogen-bond acceptors (Lipinski definition) is 3. The first-order chi connectivity index (χ1) is 10.3. The second-order valence-corrected chi connectivity index (χ2v) is 7.99. The largest absolute Gasteiger partial charge is 0.295 e. The highest BCUT2D eigenvalue weighted by molar-refractivity contribution is 7.91. The zero-order valence-electron chi connectivity index (χ0n) is 12.3. The zero-order chi connectivity index (χ0) is 16.3. The monoisotopic (exact) mass is 344 g/mol. The van der Waals surface area contributed by atoms with Crippen LogP contribution in [0.15, 0.2) is 29.8 Å². The van der Waals surface area contributed by atoms with Crippen LogP contribution in [0.2, 0.25) is 5.02 Å². The van der Waals surface area contributed by atoms with Gasteiger partial charge in [-0.3, -0.25) is 4.79 Å². The van der Waals surface area contributed by atoms with Crippen LogP contribution in [0.4, 0.5) is 4.39 Å². The Bertz CT molecular complexity index is 710. The molecule has 0 amide bonds. The third kappa shape index (κ3) is 3.76. The number of Topliss-reactive ketones (excluding diaryl/α,β-unsaturated/α-hetero) is 1. The predicted molar refractivity (Wildman–Crippen MR) is 85.1 cm³/mol. The number of ketones is 1. The Morgan fingerprint density at radius 1 is 1.41 bits per heavy atom. The molecule has 0 spiro atoms. The lowest BCUT2D eigenvalue weighted by atomic mass is 9.95. The third-order valence-electron chi connectivity index (χ3n) is 3.83. The predicted octanol–water partition coefficient (Wildman–Crippen LogP) is 3.85. The lowest BCUT2D eigenvalue weighted by Gasteiger charge is -2.23. The van der Waals surface area contributed by atoms with Crippen molar-refractivity contribution in [3.05, 3.63) is 46.3 Å². The molecule has 1 aliphatic rings. The number of carbonyl (C=O) groups excluding carboxylic acids is 1. The first-order valence-electron chi connectivity index (χ1n) is 7.24. The van der Waals surface area contributed by atoms with Gasteiger partial charge in [-0.1, -0.05) is 30.7 Å². The van der Waals surface area contributed by atoms with Crippen LogP contribution < -0.4 is 0 Å². The number of rotatable bonds is 5. The fourth-order valence-electron chi connectivity index (χ4n) is 2.67. The van der Waals surface area contributed by atoms with E-state index < -0.39 is 20.9 Å². The van der Waals surface area contributed by atoms with E-state index in [1.807, 2.05) is 0 Å². The number of benzene rings is 1. The molecule has 120 valence electrons. The van der Waals surface area contributed by atoms with Crippen molar-refractivity contribution in [2.24, 2.45) is 0 Å². The summed E-state index contributed by atoms with van der Waals surface area (Å²) in [5.74, 6) is -0.922. The summed E-state index contributed by atoms with van der Waals surface area (Å²) in [5.41, 5.74) is 0.754. The molecule has 1 aromatic carbocycles. The summed E-state index contributed by atoms with van der Waals surface area (Å²) in [6, 6.07) is 3.66. The quantitative estimate of drug-likeness (QED) is 0.815. The standard InChI is InChI=1S/C16H18ClFO3S/c1-2-15(19)13-5-3-4-6-16(13)22(20,21)10-11-7-8-12(18)9-14(11)17/h5,7-9,16H,2-4,6,10H2,1H3. The Morgan fingerprint density at radius 3 is 2.77 bits per heavy atom. The molecule has 0 saturated carbocycles. The fourth-order valence-corrected chi connectivity index (χ4v) is 5.01. The third-order valence-corrected chi connectivity index (χ3v) is 6.25. The lowest BCUT2D eigenvalue weighted by molar-refractivity contribution is -0.115. The molecular formula is C16H18ClFO3S. The molecule has 0 fully saturated rings. The summed E-state index contributed by atoms with van der Waals surface area (Å²) >= 11 is 5.91. The molecule has 1 aliphatic carbocycles. The van der Waals surface area contributed by atoms with Crippen molar-refractivity contribution in [2.75, 3.05) is 0 Å². The highest BCUT2D eigenvalue weighted by Crippen LogP contribution is 2.30. The SMILES string of the molecule is CCC(=O)C1=CCCCC1S(=O)(=O)Cc1ccc(F)cc1Cl. The number of hydrogen-bond donors (Lipinski definition) is 0. The summed E-state index contributed by atoms with van der Waals surface area (Å²) in [4.78, 5) is 12.0. The van der Waals surface area contributed by atoms with Crippen LogP contribution in [0.5, 0.6) is 0 Å². The van der Waals surface area contributed by atoms with Gasteiger partial charge in [0.05, 0.1) is 11.0 Å². The Labute approximate surface area is 135 Å². The molecule has 0 N–H and O–H groups in total. The fraction of sp³-hybridized carbons (Fsp3) is 0.438. The van der Waals surface area contributed by atoms with Crippen LogP contribution in [0, 0.1) is 5.82 Å². The number of carbonyl (C=O) groups is 1. The molecular weight excluding hydrogens is 327 g/mol. The van der Waals surface area contributed by atoms with E-state index in [2.05, 4.69) is 0 Å². The van der Waals surface area contributed by atoms with Crippen LogP contribution in [0.3, 0.4) is 0 Å². The van der Waals surface area contributed by atoms with Crippen molar-refractivity contribution in [2.45, 2.75) is 43.6 Å². The molecule has 1 aromatic rings. The molecule has 22 heavy (non-hydrogen) atoms. The summed E-state index contributed by atoms with van der Waals surface area (Å²) < 4.78 is 38.4. The first-order valence-corrected chi connectivity index (χ1v) is 9.33. The van der Waals surface area contributed by atoms with E-state index in [0.29, 0.717) is 17.6 Å². The van der Waals surface area contributed by atoms with E-state index in [4.69, 9.17) is 11.6 Å². The average molecular weight is 345 g/mol. The zero-order valence-corrected chi connectivity index (χ0v) is 13.9. The lowest BCUT2D eigenvalue weighted by Crippen LogP contribution is -2.30. The molecule has 0 saturated heterocycles. The van der Waals surface area contributed by atoms with E-state index in [1.54, 1.807) is 13.0 Å². The van der Waals surface area contributed by atoms with Gasteiger partial charge >= 0.3 is 0 Å². The van der Waals surface area contributed by atoms with Crippen molar-refractivity contribution in [1.29, 1.82) is 0 Å². The molecule has 0 aliphatic heterocycles. The summed E-state index contributed by atoms with van der Waals surface area (Å²) in [7, 11) is -3.57. The van der Waals surface area contributed by atoms with Gasteiger partial charge in [0.15, 0.2) is 15.6 Å². The maximum Gasteiger partial charge on any atom is 0.161 e. The Morgan fingerprint density at radius 2 is 2.14 bits per heavy atom. The Hall–Kier alpha value is -1.20. The topological polar surface area (TPSA) is 51.2 Å². The van der Waals surface area contributed by atoms with Crippen LogP contribution in [0.25, 0.3) is 0 Å². The van der Waals surface area contributed by atoms with Crippen LogP contribution >= 0.6 is 11.6 Å². The average Bonchev–Trinajstić information content (AvgIpc) is 2.49. The first kappa shape index (κ1) is 17.2. The summed E-state index contributed by atoms with van der Waals surface area (Å²) in [6.07, 6.45) is 3.93. The maximum absolute atomic E-state index is 13.1. The van der Waals surface area contributed by atoms with E-state index >= 15 is 0 Å². The van der Waals surface area contributed by atoms with Crippen LogP contribution in [0.1, 0.15) is 38.2 Å². The molecule has 3 nitrogen and oxygen atoms in total. The van der Waals surface area contributed by atoms with E-state index in [9.17, 15) is 17.6 Å². The van der Waals surface area contributed by atoms with Gasteiger partial charge in [0.2, 0.25) is 0 Å². The van der Waals surface area contributed by atoms with Crippen molar-refractivity contribution >= 4 is 27.2 Å². The van der Waals surface area contributed by atoms with Gasteiger partial charge in [-0.15, -0.1) is 0 Å². The van der Waals surface area contributed by atoms with E-state index in [-0.39, 0.29) is 23.0 Å². The van der Waals surface area contributed by atoms with Crippen LogP contribution in [-0.2, 0) is 20.4 Å². The minimum absolute atomic E-state index is 0.0896. The number of sulfone groups is 1. The van der Waals surface area contributed by atoms with E-state index in [0.717, 1.165) is 18.9 Å². The highest BCUT2D eigenvalue weighted by Gasteiger charge is 2.33. The molecule has 1 atom stereocenters. The molecule has 0 heterocycles. The van der Waals surface area contributed by atoms with Gasteiger partial charge in [0.1, 0.15) is 5.82 Å². The van der Waals surface area contributed by atoms with Crippen molar-refractivity contribution in [3.8, 4) is 0 Å². The molecule has 1 unspecified atom stereocenters. The molecule has 0 radical (unpaired) electrons. The van der Waals surface area contributed by atoms with Crippen molar-refractivity contribution < 1.29 is 17.6 Å². The second kappa shape index (κ2) is 6.92. The maximum atomic E-state index is 13.1. The number of halogens is 2. The Balaban J connectivity index is 2.31. The molecule has 2 rings (SSSR count). The highest BCUT2D eigenvalue weighted by atomic mass is 35.5. The second-order valence-electron chi connectivity index (χ2n) is 5.40. The summed E-state index contributed by atoms with van der Waals surface area (Å²) in [6.45, 7) is 1.72. The molecule has 6 heteroatoms. The van der Waals surface area contributed by atoms with Gasteiger partial charge in [-0.05, 0) is 37.0 Å². The van der Waals surface area contributed by atoms with Crippen LogP contribution in [-0.4, -0.2) is 19.5 Å². The minimum Gasteiger partial charge on any atom is -0.295 e. The molecule has 0 bridgehead atoms. The van der Waals surface area contributed by atoms with Crippen molar-refractivity contribution in [3.63, 3.8) is 0 Å². The smallest absolute Gasteiger partial charge is 0.161 e. The van der Waals surface area contributed by atoms with Gasteiger partial charge in [-0.25, -0.2) is 12.8 Å². The van der Waals surface area contributed by atoms with Gasteiger partial charge in [0.25, 0.3) is 0 Å². The van der Waals surface area contributed by atoms with E-state index in [1.165, 1.54) is 12.1 Å². The summed E-state index contributed by atoms with van der Waals surface area (Å²) in [5, 5.41) is -0.693. The normalized spacial score (nSPS) is 18.9. The van der Waals surface area contributed by atoms with Crippen molar-refractivity contribution in [1.82, 2.24) is 0 Å². The van der Waals surface area contributed by atoms with Gasteiger partial charge < -0.3 is 0 Å². The number of allylic oxidation sites excluding steroid dienone is 1. The van der Waals surface area contributed by atoms with Gasteiger partial charge in [-0.2, -0.15) is 0 Å². The van der Waals surface area contributed by atoms with Gasteiger partial charge in [0, 0.05) is 17.0 Å².